The van der Waals surface area contributed by atoms with Gasteiger partial charge in [0.2, 0.25) is 0 Å². The van der Waals surface area contributed by atoms with Crippen LogP contribution in [0.4, 0.5) is 5.13 Å². The predicted octanol–water partition coefficient (Wildman–Crippen LogP) is 2.49. The molecule has 1 aromatic heterocycles. The Morgan fingerprint density at radius 2 is 2.47 bits per heavy atom. The lowest BCUT2D eigenvalue weighted by molar-refractivity contribution is 0.137. The van der Waals surface area contributed by atoms with Crippen LogP contribution in [-0.2, 0) is 6.54 Å². The molecule has 2 heterocycles. The molecule has 0 aromatic carbocycles. The van der Waals surface area contributed by atoms with Crippen LogP contribution in [0.5, 0.6) is 0 Å². The second-order valence-electron chi connectivity index (χ2n) is 4.19. The average molecular weight is 225 g/mol. The van der Waals surface area contributed by atoms with Crippen molar-refractivity contribution in [3.8, 4) is 0 Å². The van der Waals surface area contributed by atoms with Crippen molar-refractivity contribution in [1.82, 2.24) is 9.88 Å². The quantitative estimate of drug-likeness (QED) is 0.859. The van der Waals surface area contributed by atoms with Gasteiger partial charge < -0.3 is 5.73 Å². The van der Waals surface area contributed by atoms with E-state index in [1.54, 1.807) is 11.3 Å². The summed E-state index contributed by atoms with van der Waals surface area (Å²) in [4.78, 5) is 7.98. The van der Waals surface area contributed by atoms with Crippen molar-refractivity contribution in [2.24, 2.45) is 0 Å². The molecule has 1 aliphatic rings. The van der Waals surface area contributed by atoms with E-state index in [1.165, 1.54) is 37.1 Å². The summed E-state index contributed by atoms with van der Waals surface area (Å²) in [5.41, 5.74) is 5.64. The van der Waals surface area contributed by atoms with E-state index in [2.05, 4.69) is 16.8 Å². The molecule has 1 aromatic rings. The number of anilines is 1. The number of rotatable bonds is 3. The summed E-state index contributed by atoms with van der Waals surface area (Å²) in [5.74, 6) is 0. The number of hydrogen-bond donors (Lipinski definition) is 1. The van der Waals surface area contributed by atoms with Crippen LogP contribution in [0.15, 0.2) is 6.20 Å². The van der Waals surface area contributed by atoms with Crippen LogP contribution in [0.3, 0.4) is 0 Å². The van der Waals surface area contributed by atoms with Gasteiger partial charge in [0.15, 0.2) is 5.13 Å². The molecule has 2 N–H and O–H groups in total. The van der Waals surface area contributed by atoms with Gasteiger partial charge in [-0.1, -0.05) is 13.3 Å². The lowest BCUT2D eigenvalue weighted by atomic mass is 10.0. The van der Waals surface area contributed by atoms with Gasteiger partial charge in [0.05, 0.1) is 0 Å². The molecular weight excluding hydrogens is 206 g/mol. The zero-order chi connectivity index (χ0) is 10.7. The molecule has 2 rings (SSSR count). The first-order valence-corrected chi connectivity index (χ1v) is 6.55. The standard InChI is InChI=1S/C11H19N3S/c1-2-9-5-3-4-6-14(9)8-10-7-13-11(12)15-10/h7,9H,2-6,8H2,1H3,(H2,12,13). The molecular formula is C11H19N3S. The minimum Gasteiger partial charge on any atom is -0.375 e. The number of nitrogens with two attached hydrogens (primary N) is 1. The van der Waals surface area contributed by atoms with Crippen molar-refractivity contribution in [1.29, 1.82) is 0 Å². The molecule has 1 unspecified atom stereocenters. The highest BCUT2D eigenvalue weighted by atomic mass is 32.1. The number of nitrogens with zero attached hydrogens (tertiary/aromatic N) is 2. The first-order chi connectivity index (χ1) is 7.29. The van der Waals surface area contributed by atoms with Crippen LogP contribution >= 0.6 is 11.3 Å². The Labute approximate surface area is 95.3 Å². The Balaban J connectivity index is 1.97. The smallest absolute Gasteiger partial charge is 0.180 e. The third-order valence-corrected chi connectivity index (χ3v) is 3.96. The van der Waals surface area contributed by atoms with Gasteiger partial charge in [0.1, 0.15) is 0 Å². The number of aromatic nitrogens is 1. The molecule has 1 atom stereocenters. The Hall–Kier alpha value is -0.610. The summed E-state index contributed by atoms with van der Waals surface area (Å²) < 4.78 is 0. The zero-order valence-electron chi connectivity index (χ0n) is 9.28. The van der Waals surface area contributed by atoms with E-state index >= 15 is 0 Å². The summed E-state index contributed by atoms with van der Waals surface area (Å²) in [6, 6.07) is 0.766. The third kappa shape index (κ3) is 2.69. The first-order valence-electron chi connectivity index (χ1n) is 5.74. The van der Waals surface area contributed by atoms with Crippen molar-refractivity contribution in [2.45, 2.75) is 45.2 Å². The Kier molecular flexibility index (Phi) is 3.59. The van der Waals surface area contributed by atoms with E-state index in [0.717, 1.165) is 12.6 Å². The molecule has 3 nitrogen and oxygen atoms in total. The minimum atomic E-state index is 0.690. The largest absolute Gasteiger partial charge is 0.375 e. The van der Waals surface area contributed by atoms with Crippen LogP contribution in [0.1, 0.15) is 37.5 Å². The molecule has 0 saturated carbocycles. The first kappa shape index (κ1) is 10.9. The van der Waals surface area contributed by atoms with Crippen molar-refractivity contribution in [3.05, 3.63) is 11.1 Å². The maximum atomic E-state index is 5.64. The van der Waals surface area contributed by atoms with Gasteiger partial charge in [-0.25, -0.2) is 4.98 Å². The van der Waals surface area contributed by atoms with Crippen molar-refractivity contribution < 1.29 is 0 Å². The number of hydrogen-bond acceptors (Lipinski definition) is 4. The molecule has 1 aliphatic heterocycles. The molecule has 0 aliphatic carbocycles. The number of piperidine rings is 1. The van der Waals surface area contributed by atoms with Crippen LogP contribution in [0.2, 0.25) is 0 Å². The van der Waals surface area contributed by atoms with Crippen molar-refractivity contribution in [2.75, 3.05) is 12.3 Å². The van der Waals surface area contributed by atoms with Gasteiger partial charge in [-0.15, -0.1) is 11.3 Å². The van der Waals surface area contributed by atoms with Gasteiger partial charge in [-0.3, -0.25) is 4.90 Å². The second kappa shape index (κ2) is 4.94. The number of likely N-dealkylation sites (tertiary alicyclic amines) is 1. The maximum absolute atomic E-state index is 5.64. The predicted molar refractivity (Wildman–Crippen MR) is 64.9 cm³/mol. The van der Waals surface area contributed by atoms with E-state index in [9.17, 15) is 0 Å². The second-order valence-corrected chi connectivity index (χ2v) is 5.34. The number of nitrogen functional groups attached to an aromatic ring is 1. The molecule has 0 radical (unpaired) electrons. The molecule has 84 valence electrons. The van der Waals surface area contributed by atoms with Crippen LogP contribution in [0.25, 0.3) is 0 Å². The Bertz CT molecular complexity index is 311. The van der Waals surface area contributed by atoms with E-state index in [0.29, 0.717) is 5.13 Å². The molecule has 1 saturated heterocycles. The topological polar surface area (TPSA) is 42.2 Å². The highest BCUT2D eigenvalue weighted by molar-refractivity contribution is 7.15. The Morgan fingerprint density at radius 3 is 3.13 bits per heavy atom. The SMILES string of the molecule is CCC1CCCCN1Cc1cnc(N)s1. The fourth-order valence-electron chi connectivity index (χ4n) is 2.33. The summed E-state index contributed by atoms with van der Waals surface area (Å²) >= 11 is 1.62. The summed E-state index contributed by atoms with van der Waals surface area (Å²) in [6.45, 7) is 4.55. The monoisotopic (exact) mass is 225 g/mol. The fourth-order valence-corrected chi connectivity index (χ4v) is 3.04. The van der Waals surface area contributed by atoms with Crippen molar-refractivity contribution in [3.63, 3.8) is 0 Å². The van der Waals surface area contributed by atoms with Gasteiger partial charge in [-0.05, 0) is 25.8 Å². The van der Waals surface area contributed by atoms with Crippen LogP contribution in [0, 0.1) is 0 Å². The molecule has 1 fully saturated rings. The molecule has 0 bridgehead atoms. The summed E-state index contributed by atoms with van der Waals surface area (Å²) in [7, 11) is 0. The number of thiazole rings is 1. The third-order valence-electron chi connectivity index (χ3n) is 3.15. The van der Waals surface area contributed by atoms with Gasteiger partial charge >= 0.3 is 0 Å². The van der Waals surface area contributed by atoms with Crippen molar-refractivity contribution >= 4 is 16.5 Å². The van der Waals surface area contributed by atoms with E-state index in [1.807, 2.05) is 6.20 Å². The lowest BCUT2D eigenvalue weighted by Crippen LogP contribution is -2.38. The lowest BCUT2D eigenvalue weighted by Gasteiger charge is -2.34. The van der Waals surface area contributed by atoms with E-state index < -0.39 is 0 Å². The molecule has 0 amide bonds. The van der Waals surface area contributed by atoms with E-state index in [-0.39, 0.29) is 0 Å². The molecule has 0 spiro atoms. The van der Waals surface area contributed by atoms with Gasteiger partial charge in [0.25, 0.3) is 0 Å². The zero-order valence-corrected chi connectivity index (χ0v) is 10.1. The average Bonchev–Trinajstić information content (AvgIpc) is 2.65. The highest BCUT2D eigenvalue weighted by Gasteiger charge is 2.21. The summed E-state index contributed by atoms with van der Waals surface area (Å²) in [5, 5.41) is 0.690. The van der Waals surface area contributed by atoms with Gasteiger partial charge in [-0.2, -0.15) is 0 Å². The maximum Gasteiger partial charge on any atom is 0.180 e. The Morgan fingerprint density at radius 1 is 1.60 bits per heavy atom. The van der Waals surface area contributed by atoms with E-state index in [4.69, 9.17) is 5.73 Å². The normalized spacial score (nSPS) is 23.1. The summed E-state index contributed by atoms with van der Waals surface area (Å²) in [6.07, 6.45) is 7.25. The molecule has 4 heteroatoms. The minimum absolute atomic E-state index is 0.690. The van der Waals surface area contributed by atoms with Crippen LogP contribution in [-0.4, -0.2) is 22.5 Å². The van der Waals surface area contributed by atoms with Gasteiger partial charge in [0, 0.05) is 23.7 Å². The highest BCUT2D eigenvalue weighted by Crippen LogP contribution is 2.24. The van der Waals surface area contributed by atoms with Crippen LogP contribution < -0.4 is 5.73 Å². The fraction of sp³-hybridized carbons (Fsp3) is 0.727. The molecule has 15 heavy (non-hydrogen) atoms.